The molecule has 0 amide bonds. The summed E-state index contributed by atoms with van der Waals surface area (Å²) < 4.78 is 16.9. The van der Waals surface area contributed by atoms with Crippen LogP contribution in [0.1, 0.15) is 361 Å². The molecular weight excluding hydrogens is 889 g/mol. The lowest BCUT2D eigenvalue weighted by molar-refractivity contribution is -0.167. The molecule has 0 aliphatic carbocycles. The largest absolute Gasteiger partial charge is 0.462 e. The van der Waals surface area contributed by atoms with Gasteiger partial charge in [-0.05, 0) is 70.6 Å². The number of carbonyl (C=O) groups is 3. The van der Waals surface area contributed by atoms with Gasteiger partial charge in [-0.1, -0.05) is 295 Å². The Balaban J connectivity index is 4.19. The normalized spacial score (nSPS) is 12.1. The fourth-order valence-corrected chi connectivity index (χ4v) is 9.79. The summed E-state index contributed by atoms with van der Waals surface area (Å²) in [7, 11) is 0. The Kier molecular flexibility index (Phi) is 59.6. The second kappa shape index (κ2) is 61.4. The summed E-state index contributed by atoms with van der Waals surface area (Å²) in [5, 5.41) is 0. The number of esters is 3. The molecule has 0 aliphatic heterocycles. The van der Waals surface area contributed by atoms with Gasteiger partial charge in [-0.15, -0.1) is 0 Å². The molecule has 0 aromatic carbocycles. The Labute approximate surface area is 449 Å². The first-order chi connectivity index (χ1) is 35.5. The van der Waals surface area contributed by atoms with Crippen molar-refractivity contribution < 1.29 is 28.6 Å². The van der Waals surface area contributed by atoms with Gasteiger partial charge in [-0.25, -0.2) is 0 Å². The molecular formula is C66H124O6. The number of ether oxygens (including phenoxy) is 3. The highest BCUT2D eigenvalue weighted by Crippen LogP contribution is 2.18. The summed E-state index contributed by atoms with van der Waals surface area (Å²) in [5.74, 6) is -0.867. The number of carbonyl (C=O) groups excluding carboxylic acids is 3. The van der Waals surface area contributed by atoms with Crippen molar-refractivity contribution in [1.82, 2.24) is 0 Å². The van der Waals surface area contributed by atoms with Gasteiger partial charge in [-0.2, -0.15) is 0 Å². The molecule has 1 atom stereocenters. The van der Waals surface area contributed by atoms with E-state index in [-0.39, 0.29) is 31.1 Å². The third kappa shape index (κ3) is 58.8. The van der Waals surface area contributed by atoms with Crippen LogP contribution in [0.25, 0.3) is 0 Å². The first-order valence-electron chi connectivity index (χ1n) is 32.3. The van der Waals surface area contributed by atoms with Crippen LogP contribution in [0, 0.1) is 0 Å². The van der Waals surface area contributed by atoms with Gasteiger partial charge in [0.15, 0.2) is 6.10 Å². The molecule has 0 rings (SSSR count). The Bertz CT molecular complexity index is 1160. The van der Waals surface area contributed by atoms with Crippen molar-refractivity contribution in [3.05, 3.63) is 24.3 Å². The van der Waals surface area contributed by atoms with Gasteiger partial charge in [-0.3, -0.25) is 14.4 Å². The van der Waals surface area contributed by atoms with Crippen LogP contribution in [0.4, 0.5) is 0 Å². The van der Waals surface area contributed by atoms with Crippen LogP contribution in [0.3, 0.4) is 0 Å². The van der Waals surface area contributed by atoms with Crippen LogP contribution in [-0.4, -0.2) is 37.2 Å². The fourth-order valence-electron chi connectivity index (χ4n) is 9.79. The summed E-state index contributed by atoms with van der Waals surface area (Å²) in [5.41, 5.74) is 0. The summed E-state index contributed by atoms with van der Waals surface area (Å²) in [6.07, 6.45) is 73.4. The quantitative estimate of drug-likeness (QED) is 0.0261. The van der Waals surface area contributed by atoms with Gasteiger partial charge in [0.1, 0.15) is 13.2 Å². The van der Waals surface area contributed by atoms with E-state index < -0.39 is 6.10 Å². The molecule has 72 heavy (non-hydrogen) atoms. The Hall–Kier alpha value is -2.11. The van der Waals surface area contributed by atoms with E-state index in [4.69, 9.17) is 14.2 Å². The molecule has 0 N–H and O–H groups in total. The predicted octanol–water partition coefficient (Wildman–Crippen LogP) is 21.8. The van der Waals surface area contributed by atoms with Gasteiger partial charge in [0, 0.05) is 19.3 Å². The number of rotatable bonds is 60. The number of hydrogen-bond acceptors (Lipinski definition) is 6. The number of allylic oxidation sites excluding steroid dienone is 4. The van der Waals surface area contributed by atoms with E-state index >= 15 is 0 Å². The van der Waals surface area contributed by atoms with Gasteiger partial charge in [0.05, 0.1) is 0 Å². The van der Waals surface area contributed by atoms with Crippen LogP contribution >= 0.6 is 0 Å². The maximum atomic E-state index is 12.9. The van der Waals surface area contributed by atoms with E-state index in [0.717, 1.165) is 70.6 Å². The first kappa shape index (κ1) is 69.9. The molecule has 0 spiro atoms. The third-order valence-electron chi connectivity index (χ3n) is 14.7. The second-order valence-electron chi connectivity index (χ2n) is 22.0. The topological polar surface area (TPSA) is 78.9 Å². The van der Waals surface area contributed by atoms with Crippen LogP contribution in [-0.2, 0) is 28.6 Å². The molecule has 0 heterocycles. The summed E-state index contributed by atoms with van der Waals surface area (Å²) in [6.45, 7) is 6.67. The van der Waals surface area contributed by atoms with Crippen molar-refractivity contribution in [3.63, 3.8) is 0 Å². The van der Waals surface area contributed by atoms with Crippen molar-refractivity contribution in [2.45, 2.75) is 367 Å². The SMILES string of the molecule is CCCCCC/C=C\CCCCCCCC(=O)OCC(COC(=O)CCCCCCCCCCCCCCCCCCCCCCCCCCCC)OC(=O)CCCCCCC/C=C\CCCCCCCC. The van der Waals surface area contributed by atoms with Gasteiger partial charge in [0.2, 0.25) is 0 Å². The summed E-state index contributed by atoms with van der Waals surface area (Å²) >= 11 is 0. The van der Waals surface area contributed by atoms with Gasteiger partial charge < -0.3 is 14.2 Å². The Morgan fingerprint density at radius 2 is 0.458 bits per heavy atom. The molecule has 0 fully saturated rings. The average molecular weight is 1010 g/mol. The van der Waals surface area contributed by atoms with Gasteiger partial charge in [0.25, 0.3) is 0 Å². The number of hydrogen-bond donors (Lipinski definition) is 0. The van der Waals surface area contributed by atoms with Gasteiger partial charge >= 0.3 is 17.9 Å². The lowest BCUT2D eigenvalue weighted by Crippen LogP contribution is -2.30. The minimum Gasteiger partial charge on any atom is -0.462 e. The molecule has 6 heteroatoms. The van der Waals surface area contributed by atoms with Crippen molar-refractivity contribution in [2.24, 2.45) is 0 Å². The zero-order valence-corrected chi connectivity index (χ0v) is 48.7. The van der Waals surface area contributed by atoms with E-state index in [9.17, 15) is 14.4 Å². The highest BCUT2D eigenvalue weighted by Gasteiger charge is 2.19. The molecule has 6 nitrogen and oxygen atoms in total. The smallest absolute Gasteiger partial charge is 0.306 e. The van der Waals surface area contributed by atoms with Crippen LogP contribution in [0.15, 0.2) is 24.3 Å². The monoisotopic (exact) mass is 1010 g/mol. The molecule has 424 valence electrons. The van der Waals surface area contributed by atoms with Crippen molar-refractivity contribution in [3.8, 4) is 0 Å². The predicted molar refractivity (Wildman–Crippen MR) is 312 cm³/mol. The van der Waals surface area contributed by atoms with E-state index in [1.54, 1.807) is 0 Å². The van der Waals surface area contributed by atoms with Crippen molar-refractivity contribution >= 4 is 17.9 Å². The standard InChI is InChI=1S/C66H124O6/c1-4-7-10-13-16-19-22-25-27-28-29-30-31-32-33-34-35-36-37-39-41-44-47-50-53-56-59-65(68)71-62-63(61-70-64(67)58-55-52-49-46-43-40-24-21-18-15-12-9-6-3)72-66(69)60-57-54-51-48-45-42-38-26-23-20-17-14-11-8-5-2/h21,24,26,38,63H,4-20,22-23,25,27-37,39-62H2,1-3H3/b24-21-,38-26-. The minimum absolute atomic E-state index is 0.0725. The zero-order chi connectivity index (χ0) is 52.2. The highest BCUT2D eigenvalue weighted by molar-refractivity contribution is 5.71. The lowest BCUT2D eigenvalue weighted by atomic mass is 10.0. The molecule has 0 aliphatic rings. The molecule has 0 aromatic heterocycles. The zero-order valence-electron chi connectivity index (χ0n) is 48.7. The Morgan fingerprint density at radius 1 is 0.264 bits per heavy atom. The fraction of sp³-hybridized carbons (Fsp3) is 0.894. The Morgan fingerprint density at radius 3 is 0.708 bits per heavy atom. The van der Waals surface area contributed by atoms with Crippen LogP contribution < -0.4 is 0 Å². The maximum Gasteiger partial charge on any atom is 0.306 e. The van der Waals surface area contributed by atoms with Crippen LogP contribution in [0.5, 0.6) is 0 Å². The van der Waals surface area contributed by atoms with E-state index in [0.29, 0.717) is 19.3 Å². The maximum absolute atomic E-state index is 12.9. The van der Waals surface area contributed by atoms with E-state index in [1.807, 2.05) is 0 Å². The van der Waals surface area contributed by atoms with Crippen LogP contribution in [0.2, 0.25) is 0 Å². The third-order valence-corrected chi connectivity index (χ3v) is 14.7. The van der Waals surface area contributed by atoms with Crippen molar-refractivity contribution in [2.75, 3.05) is 13.2 Å². The second-order valence-corrected chi connectivity index (χ2v) is 22.0. The lowest BCUT2D eigenvalue weighted by Gasteiger charge is -2.18. The number of unbranched alkanes of at least 4 members (excludes halogenated alkanes) is 45. The molecule has 0 aromatic rings. The minimum atomic E-state index is -0.776. The molecule has 0 bridgehead atoms. The highest BCUT2D eigenvalue weighted by atomic mass is 16.6. The molecule has 0 saturated carbocycles. The van der Waals surface area contributed by atoms with E-state index in [2.05, 4.69) is 45.1 Å². The van der Waals surface area contributed by atoms with Crippen molar-refractivity contribution in [1.29, 1.82) is 0 Å². The molecule has 1 unspecified atom stereocenters. The summed E-state index contributed by atoms with van der Waals surface area (Å²) in [6, 6.07) is 0. The first-order valence-corrected chi connectivity index (χ1v) is 32.3. The molecule has 0 radical (unpaired) electrons. The van der Waals surface area contributed by atoms with E-state index in [1.165, 1.54) is 250 Å². The molecule has 0 saturated heterocycles. The average Bonchev–Trinajstić information content (AvgIpc) is 3.38. The summed E-state index contributed by atoms with van der Waals surface area (Å²) in [4.78, 5) is 38.2.